The van der Waals surface area contributed by atoms with E-state index in [0.717, 1.165) is 6.07 Å². The Hall–Kier alpha value is -0.705. The summed E-state index contributed by atoms with van der Waals surface area (Å²) in [5.74, 6) is -0.820. The van der Waals surface area contributed by atoms with Crippen molar-refractivity contribution in [2.45, 2.75) is 6.32 Å². The molecule has 0 saturated heterocycles. The molecule has 0 aliphatic rings. The topological polar surface area (TPSA) is 0 Å². The van der Waals surface area contributed by atoms with Crippen molar-refractivity contribution in [1.82, 2.24) is 0 Å². The predicted octanol–water partition coefficient (Wildman–Crippen LogP) is 3.41. The lowest BCUT2D eigenvalue weighted by molar-refractivity contribution is 0.468. The van der Waals surface area contributed by atoms with Gasteiger partial charge in [0.05, 0.1) is 5.02 Å². The second kappa shape index (κ2) is 3.58. The van der Waals surface area contributed by atoms with Crippen molar-refractivity contribution in [3.63, 3.8) is 0 Å². The first-order valence-corrected chi connectivity index (χ1v) is 3.92. The fourth-order valence-electron chi connectivity index (χ4n) is 0.955. The fraction of sp³-hybridized carbons (Fsp3) is 0.143. The van der Waals surface area contributed by atoms with E-state index in [9.17, 15) is 17.3 Å². The minimum absolute atomic E-state index is 0.214. The van der Waals surface area contributed by atoms with Crippen LogP contribution in [0.3, 0.4) is 0 Å². The summed E-state index contributed by atoms with van der Waals surface area (Å²) < 4.78 is 48.5. The summed E-state index contributed by atoms with van der Waals surface area (Å²) in [4.78, 5) is 0. The van der Waals surface area contributed by atoms with E-state index in [-0.39, 0.29) is 5.56 Å². The molecule has 0 heterocycles. The molecule has 1 aromatic carbocycles. The Balaban J connectivity index is 2.96. The highest BCUT2D eigenvalue weighted by molar-refractivity contribution is 6.58. The summed E-state index contributed by atoms with van der Waals surface area (Å²) in [6.07, 6.45) is -1.14. The molecule has 0 atom stereocenters. The van der Waals surface area contributed by atoms with E-state index in [1.807, 2.05) is 0 Å². The molecule has 0 fully saturated rings. The van der Waals surface area contributed by atoms with Gasteiger partial charge in [-0.1, -0.05) is 35.6 Å². The first-order chi connectivity index (χ1) is 5.90. The monoisotopic (exact) mass is 211 g/mol. The van der Waals surface area contributed by atoms with Crippen molar-refractivity contribution in [3.05, 3.63) is 34.6 Å². The number of rotatable bonds is 2. The van der Waals surface area contributed by atoms with Crippen molar-refractivity contribution in [2.24, 2.45) is 0 Å². The van der Waals surface area contributed by atoms with Crippen LogP contribution in [0.15, 0.2) is 18.2 Å². The summed E-state index contributed by atoms with van der Waals surface area (Å²) >= 11 is 5.33. The third-order valence-electron chi connectivity index (χ3n) is 1.48. The molecular weight excluding hydrogens is 206 g/mol. The standard InChI is InChI=1S/C7H5BClF4/c9-7-5(4-8(11,12)13)2-1-3-6(7)10/h1-3H,4H2/q-1. The van der Waals surface area contributed by atoms with E-state index in [2.05, 4.69) is 0 Å². The second-order valence-electron chi connectivity index (χ2n) is 2.63. The van der Waals surface area contributed by atoms with Crippen LogP contribution in [0.4, 0.5) is 17.3 Å². The first-order valence-electron chi connectivity index (χ1n) is 3.54. The highest BCUT2D eigenvalue weighted by Crippen LogP contribution is 2.24. The van der Waals surface area contributed by atoms with Gasteiger partial charge in [-0.2, -0.15) is 0 Å². The van der Waals surface area contributed by atoms with E-state index in [4.69, 9.17) is 11.6 Å². The lowest BCUT2D eigenvalue weighted by Crippen LogP contribution is -2.19. The third-order valence-corrected chi connectivity index (χ3v) is 1.91. The SMILES string of the molecule is Fc1cccc(C[B-](F)(F)F)c1Cl. The second-order valence-corrected chi connectivity index (χ2v) is 3.01. The van der Waals surface area contributed by atoms with Gasteiger partial charge in [-0.25, -0.2) is 4.39 Å². The zero-order valence-electron chi connectivity index (χ0n) is 6.41. The van der Waals surface area contributed by atoms with E-state index < -0.39 is 24.1 Å². The van der Waals surface area contributed by atoms with Gasteiger partial charge in [-0.05, 0) is 6.07 Å². The van der Waals surface area contributed by atoms with Gasteiger partial charge in [0.1, 0.15) is 5.82 Å². The van der Waals surface area contributed by atoms with Crippen LogP contribution in [0, 0.1) is 5.82 Å². The summed E-state index contributed by atoms with van der Waals surface area (Å²) in [5, 5.41) is -0.443. The van der Waals surface area contributed by atoms with Gasteiger partial charge in [0.15, 0.2) is 0 Å². The lowest BCUT2D eigenvalue weighted by Gasteiger charge is -2.14. The van der Waals surface area contributed by atoms with Crippen LogP contribution in [0.1, 0.15) is 5.56 Å². The summed E-state index contributed by atoms with van der Waals surface area (Å²) in [7, 11) is 0. The summed E-state index contributed by atoms with van der Waals surface area (Å²) in [6, 6.07) is 3.40. The summed E-state index contributed by atoms with van der Waals surface area (Å²) in [5.41, 5.74) is -0.214. The molecule has 0 N–H and O–H groups in total. The molecule has 0 radical (unpaired) electrons. The van der Waals surface area contributed by atoms with Crippen molar-refractivity contribution >= 4 is 18.6 Å². The smallest absolute Gasteiger partial charge is 0.449 e. The first kappa shape index (κ1) is 10.4. The fourth-order valence-corrected chi connectivity index (χ4v) is 1.16. The molecule has 0 bridgehead atoms. The van der Waals surface area contributed by atoms with Gasteiger partial charge in [0, 0.05) is 0 Å². The zero-order chi connectivity index (χ0) is 10.1. The Morgan fingerprint density at radius 2 is 1.85 bits per heavy atom. The highest BCUT2D eigenvalue weighted by atomic mass is 35.5. The van der Waals surface area contributed by atoms with Gasteiger partial charge in [-0.3, -0.25) is 0 Å². The normalized spacial score (nSPS) is 11.8. The van der Waals surface area contributed by atoms with Crippen molar-refractivity contribution in [3.8, 4) is 0 Å². The molecule has 0 unspecified atom stereocenters. The Bertz CT molecular complexity index is 310. The van der Waals surface area contributed by atoms with Crippen LogP contribution in [-0.2, 0) is 6.32 Å². The molecule has 6 heteroatoms. The molecule has 0 spiro atoms. The van der Waals surface area contributed by atoms with Gasteiger partial charge in [0.25, 0.3) is 0 Å². The van der Waals surface area contributed by atoms with Gasteiger partial charge < -0.3 is 12.9 Å². The average Bonchev–Trinajstić information content (AvgIpc) is 1.96. The molecule has 1 aromatic rings. The van der Waals surface area contributed by atoms with Crippen LogP contribution < -0.4 is 0 Å². The van der Waals surface area contributed by atoms with E-state index in [0.29, 0.717) is 0 Å². The number of hydrogen-bond acceptors (Lipinski definition) is 0. The van der Waals surface area contributed by atoms with Crippen LogP contribution in [-0.4, -0.2) is 6.98 Å². The van der Waals surface area contributed by atoms with Gasteiger partial charge >= 0.3 is 6.98 Å². The van der Waals surface area contributed by atoms with Crippen LogP contribution >= 0.6 is 11.6 Å². The quantitative estimate of drug-likeness (QED) is 0.519. The third kappa shape index (κ3) is 2.92. The van der Waals surface area contributed by atoms with Gasteiger partial charge in [0.2, 0.25) is 0 Å². The summed E-state index contributed by atoms with van der Waals surface area (Å²) in [6.45, 7) is -4.97. The van der Waals surface area contributed by atoms with Crippen LogP contribution in [0.25, 0.3) is 0 Å². The Labute approximate surface area is 77.6 Å². The molecule has 0 amide bonds. The predicted molar refractivity (Wildman–Crippen MR) is 44.2 cm³/mol. The average molecular weight is 211 g/mol. The van der Waals surface area contributed by atoms with Crippen molar-refractivity contribution in [1.29, 1.82) is 0 Å². The minimum atomic E-state index is -4.97. The minimum Gasteiger partial charge on any atom is -0.449 e. The lowest BCUT2D eigenvalue weighted by atomic mass is 9.82. The maximum atomic E-state index is 12.7. The molecule has 1 rings (SSSR count). The molecule has 0 aliphatic carbocycles. The maximum absolute atomic E-state index is 12.7. The molecule has 0 saturated carbocycles. The molecule has 0 nitrogen and oxygen atoms in total. The highest BCUT2D eigenvalue weighted by Gasteiger charge is 2.24. The van der Waals surface area contributed by atoms with Gasteiger partial charge in [-0.15, -0.1) is 0 Å². The zero-order valence-corrected chi connectivity index (χ0v) is 7.16. The Morgan fingerprint density at radius 1 is 1.23 bits per heavy atom. The van der Waals surface area contributed by atoms with E-state index in [1.54, 1.807) is 0 Å². The van der Waals surface area contributed by atoms with Crippen molar-refractivity contribution in [2.75, 3.05) is 0 Å². The molecule has 0 aliphatic heterocycles. The molecule has 0 aromatic heterocycles. The van der Waals surface area contributed by atoms with Crippen LogP contribution in [0.5, 0.6) is 0 Å². The molecule has 72 valence electrons. The molecule has 13 heavy (non-hydrogen) atoms. The number of benzene rings is 1. The Morgan fingerprint density at radius 3 is 2.38 bits per heavy atom. The van der Waals surface area contributed by atoms with E-state index in [1.165, 1.54) is 12.1 Å². The largest absolute Gasteiger partial charge is 0.482 e. The number of hydrogen-bond donors (Lipinski definition) is 0. The number of halogens is 5. The van der Waals surface area contributed by atoms with Crippen LogP contribution in [0.2, 0.25) is 5.02 Å². The Kier molecular flexibility index (Phi) is 2.85. The maximum Gasteiger partial charge on any atom is 0.482 e. The van der Waals surface area contributed by atoms with Crippen molar-refractivity contribution < 1.29 is 17.3 Å². The van der Waals surface area contributed by atoms with E-state index >= 15 is 0 Å². The molecular formula is C7H5BClF4-.